The lowest BCUT2D eigenvalue weighted by molar-refractivity contribution is 0.329. The molecule has 2 aromatic heterocycles. The lowest BCUT2D eigenvalue weighted by atomic mass is 9.87. The number of rotatable bonds is 6. The Balaban J connectivity index is 0.00000243. The number of fused-ring (bicyclic) bond motifs is 1. The first kappa shape index (κ1) is 20.9. The highest BCUT2D eigenvalue weighted by Gasteiger charge is 2.18. The number of aryl methyl sites for hydroxylation is 1. The number of pyridine rings is 1. The molecule has 0 aromatic carbocycles. The van der Waals surface area contributed by atoms with Gasteiger partial charge in [0.05, 0.1) is 0 Å². The van der Waals surface area contributed by atoms with Crippen LogP contribution in [-0.2, 0) is 6.42 Å². The van der Waals surface area contributed by atoms with E-state index in [-0.39, 0.29) is 24.0 Å². The summed E-state index contributed by atoms with van der Waals surface area (Å²) in [5, 5.41) is 15.5. The number of hydrogen-bond donors (Lipinski definition) is 2. The van der Waals surface area contributed by atoms with Crippen LogP contribution < -0.4 is 10.6 Å². The van der Waals surface area contributed by atoms with Gasteiger partial charge in [0, 0.05) is 31.7 Å². The second kappa shape index (κ2) is 10.7. The number of aliphatic imine (C=N–C) groups is 1. The van der Waals surface area contributed by atoms with Gasteiger partial charge in [-0.3, -0.25) is 9.39 Å². The summed E-state index contributed by atoms with van der Waals surface area (Å²) in [4.78, 5) is 4.74. The smallest absolute Gasteiger partial charge is 0.191 e. The standard InChI is InChI=1S/C19H30N6.HI/c1-3-20-19(22-16-11-9-15(2)10-12-16)21-13-6-8-18-24-23-17-7-4-5-14-25(17)18;/h4-5,7,14-16H,3,6,8-13H2,1-2H3,(H2,20,21,22);1H. The van der Waals surface area contributed by atoms with Crippen LogP contribution in [0.4, 0.5) is 0 Å². The fourth-order valence-electron chi connectivity index (χ4n) is 3.41. The molecule has 0 saturated heterocycles. The number of hydrogen-bond acceptors (Lipinski definition) is 3. The van der Waals surface area contributed by atoms with Crippen molar-refractivity contribution < 1.29 is 0 Å². The minimum atomic E-state index is 0. The Morgan fingerprint density at radius 3 is 2.81 bits per heavy atom. The van der Waals surface area contributed by atoms with Crippen molar-refractivity contribution in [2.45, 2.75) is 58.4 Å². The topological polar surface area (TPSA) is 66.6 Å². The zero-order chi connectivity index (χ0) is 17.5. The molecule has 2 heterocycles. The monoisotopic (exact) mass is 470 g/mol. The van der Waals surface area contributed by atoms with Crippen molar-refractivity contribution in [1.29, 1.82) is 0 Å². The van der Waals surface area contributed by atoms with Crippen molar-refractivity contribution in [3.8, 4) is 0 Å². The average Bonchev–Trinajstić information content (AvgIpc) is 3.04. The number of aromatic nitrogens is 3. The highest BCUT2D eigenvalue weighted by molar-refractivity contribution is 14.0. The molecule has 1 aliphatic rings. The van der Waals surface area contributed by atoms with Crippen LogP contribution in [0.3, 0.4) is 0 Å². The molecule has 1 fully saturated rings. The fourth-order valence-corrected chi connectivity index (χ4v) is 3.41. The zero-order valence-electron chi connectivity index (χ0n) is 15.8. The minimum absolute atomic E-state index is 0. The number of nitrogens with zero attached hydrogens (tertiary/aromatic N) is 4. The molecular formula is C19H31IN6. The highest BCUT2D eigenvalue weighted by Crippen LogP contribution is 2.23. The molecule has 0 spiro atoms. The van der Waals surface area contributed by atoms with Crippen molar-refractivity contribution in [2.24, 2.45) is 10.9 Å². The Morgan fingerprint density at radius 1 is 1.23 bits per heavy atom. The van der Waals surface area contributed by atoms with Crippen LogP contribution in [0.5, 0.6) is 0 Å². The van der Waals surface area contributed by atoms with Gasteiger partial charge in [-0.2, -0.15) is 0 Å². The molecule has 0 atom stereocenters. The normalized spacial score (nSPS) is 20.6. The predicted octanol–water partition coefficient (Wildman–Crippen LogP) is 3.41. The highest BCUT2D eigenvalue weighted by atomic mass is 127. The first-order chi connectivity index (χ1) is 12.3. The van der Waals surface area contributed by atoms with Gasteiger partial charge in [0.15, 0.2) is 11.6 Å². The Morgan fingerprint density at radius 2 is 2.04 bits per heavy atom. The quantitative estimate of drug-likeness (QED) is 0.294. The Bertz CT molecular complexity index is 690. The number of halogens is 1. The molecular weight excluding hydrogens is 439 g/mol. The summed E-state index contributed by atoms with van der Waals surface area (Å²) in [5.41, 5.74) is 0.905. The lowest BCUT2D eigenvalue weighted by Crippen LogP contribution is -2.44. The van der Waals surface area contributed by atoms with Crippen molar-refractivity contribution >= 4 is 35.6 Å². The van der Waals surface area contributed by atoms with Gasteiger partial charge >= 0.3 is 0 Å². The van der Waals surface area contributed by atoms with Crippen LogP contribution in [0.15, 0.2) is 29.4 Å². The predicted molar refractivity (Wildman–Crippen MR) is 117 cm³/mol. The molecule has 0 amide bonds. The maximum absolute atomic E-state index is 4.74. The molecule has 0 radical (unpaired) electrons. The Kier molecular flexibility index (Phi) is 8.61. The molecule has 1 saturated carbocycles. The van der Waals surface area contributed by atoms with Gasteiger partial charge in [-0.05, 0) is 57.1 Å². The minimum Gasteiger partial charge on any atom is -0.357 e. The van der Waals surface area contributed by atoms with Gasteiger partial charge in [0.2, 0.25) is 0 Å². The van der Waals surface area contributed by atoms with Gasteiger partial charge in [-0.15, -0.1) is 34.2 Å². The second-order valence-electron chi connectivity index (χ2n) is 7.01. The van der Waals surface area contributed by atoms with Gasteiger partial charge in [0.1, 0.15) is 5.82 Å². The van der Waals surface area contributed by atoms with Crippen molar-refractivity contribution in [2.75, 3.05) is 13.1 Å². The molecule has 1 aliphatic carbocycles. The van der Waals surface area contributed by atoms with Gasteiger partial charge in [-0.1, -0.05) is 13.0 Å². The largest absolute Gasteiger partial charge is 0.357 e. The van der Waals surface area contributed by atoms with E-state index in [1.165, 1.54) is 25.7 Å². The van der Waals surface area contributed by atoms with E-state index in [0.717, 1.165) is 49.3 Å². The van der Waals surface area contributed by atoms with Crippen LogP contribution in [-0.4, -0.2) is 39.7 Å². The van der Waals surface area contributed by atoms with Crippen molar-refractivity contribution in [1.82, 2.24) is 25.2 Å². The third kappa shape index (κ3) is 5.82. The van der Waals surface area contributed by atoms with E-state index in [0.29, 0.717) is 6.04 Å². The van der Waals surface area contributed by atoms with E-state index in [1.54, 1.807) is 0 Å². The van der Waals surface area contributed by atoms with E-state index in [9.17, 15) is 0 Å². The fraction of sp³-hybridized carbons (Fsp3) is 0.632. The summed E-state index contributed by atoms with van der Waals surface area (Å²) in [7, 11) is 0. The maximum Gasteiger partial charge on any atom is 0.191 e. The van der Waals surface area contributed by atoms with Gasteiger partial charge in [-0.25, -0.2) is 0 Å². The molecule has 26 heavy (non-hydrogen) atoms. The molecule has 0 bridgehead atoms. The van der Waals surface area contributed by atoms with Gasteiger partial charge < -0.3 is 10.6 Å². The van der Waals surface area contributed by atoms with Crippen LogP contribution in [0.25, 0.3) is 5.65 Å². The Labute approximate surface area is 173 Å². The van der Waals surface area contributed by atoms with E-state index in [2.05, 4.69) is 39.1 Å². The first-order valence-corrected chi connectivity index (χ1v) is 9.59. The summed E-state index contributed by atoms with van der Waals surface area (Å²) in [6, 6.07) is 6.54. The van der Waals surface area contributed by atoms with Crippen LogP contribution in [0.2, 0.25) is 0 Å². The summed E-state index contributed by atoms with van der Waals surface area (Å²) in [6.07, 6.45) is 9.00. The summed E-state index contributed by atoms with van der Waals surface area (Å²) in [5.74, 6) is 2.83. The summed E-state index contributed by atoms with van der Waals surface area (Å²) in [6.45, 7) is 6.15. The lowest BCUT2D eigenvalue weighted by Gasteiger charge is -2.28. The third-order valence-electron chi connectivity index (χ3n) is 4.91. The van der Waals surface area contributed by atoms with E-state index in [4.69, 9.17) is 4.99 Å². The van der Waals surface area contributed by atoms with E-state index in [1.807, 2.05) is 24.4 Å². The Hall–Kier alpha value is -1.38. The molecule has 144 valence electrons. The SMILES string of the molecule is CCNC(=NCCCc1nnc2ccccn12)NC1CCC(C)CC1.I. The molecule has 0 unspecified atom stereocenters. The maximum atomic E-state index is 4.74. The van der Waals surface area contributed by atoms with Gasteiger partial charge in [0.25, 0.3) is 0 Å². The number of nitrogens with one attached hydrogen (secondary N) is 2. The van der Waals surface area contributed by atoms with E-state index < -0.39 is 0 Å². The number of guanidine groups is 1. The first-order valence-electron chi connectivity index (χ1n) is 9.59. The van der Waals surface area contributed by atoms with E-state index >= 15 is 0 Å². The van der Waals surface area contributed by atoms with Crippen molar-refractivity contribution in [3.05, 3.63) is 30.2 Å². The second-order valence-corrected chi connectivity index (χ2v) is 7.01. The molecule has 2 aromatic rings. The molecule has 3 rings (SSSR count). The van der Waals surface area contributed by atoms with Crippen LogP contribution in [0.1, 0.15) is 51.8 Å². The summed E-state index contributed by atoms with van der Waals surface area (Å²) < 4.78 is 2.05. The zero-order valence-corrected chi connectivity index (χ0v) is 18.1. The van der Waals surface area contributed by atoms with Crippen molar-refractivity contribution in [3.63, 3.8) is 0 Å². The van der Waals surface area contributed by atoms with Crippen LogP contribution >= 0.6 is 24.0 Å². The van der Waals surface area contributed by atoms with Crippen LogP contribution in [0, 0.1) is 5.92 Å². The molecule has 0 aliphatic heterocycles. The molecule has 7 heteroatoms. The third-order valence-corrected chi connectivity index (χ3v) is 4.91. The molecule has 6 nitrogen and oxygen atoms in total. The average molecular weight is 470 g/mol. The summed E-state index contributed by atoms with van der Waals surface area (Å²) >= 11 is 0. The molecule has 2 N–H and O–H groups in total.